The summed E-state index contributed by atoms with van der Waals surface area (Å²) in [5.74, 6) is 1.98. The number of fused-ring (bicyclic) bond motifs is 1. The summed E-state index contributed by atoms with van der Waals surface area (Å²) in [5.41, 5.74) is 3.73. The lowest BCUT2D eigenvalue weighted by molar-refractivity contribution is -0.124. The maximum Gasteiger partial charge on any atom is 0.258 e. The van der Waals surface area contributed by atoms with Crippen LogP contribution in [0.25, 0.3) is 33.4 Å². The van der Waals surface area contributed by atoms with Gasteiger partial charge in [0.25, 0.3) is 5.91 Å². The van der Waals surface area contributed by atoms with E-state index in [2.05, 4.69) is 21.7 Å². The van der Waals surface area contributed by atoms with Crippen LogP contribution in [-0.4, -0.2) is 40.6 Å². The first-order chi connectivity index (χ1) is 17.2. The standard InChI is InChI=1S/C28H29N5O2/c1-29-28-24-16-20(12-13-25(24)32-27(33-28)21-8-6-14-30-17-21)19-7-5-11-23(15-19)35-18-26(34)31-22-9-3-2-4-10-22/h5-8,11-17,22H,2-4,9-10,18H2,1H3,(H,31,34)(H,29,32,33). The minimum Gasteiger partial charge on any atom is -0.484 e. The van der Waals surface area contributed by atoms with Crippen LogP contribution >= 0.6 is 0 Å². The number of hydrogen-bond donors (Lipinski definition) is 2. The van der Waals surface area contributed by atoms with E-state index in [9.17, 15) is 4.79 Å². The Morgan fingerprint density at radius 2 is 1.80 bits per heavy atom. The van der Waals surface area contributed by atoms with Crippen molar-refractivity contribution < 1.29 is 9.53 Å². The van der Waals surface area contributed by atoms with Crippen molar-refractivity contribution in [2.45, 2.75) is 38.1 Å². The van der Waals surface area contributed by atoms with E-state index in [1.807, 2.05) is 55.6 Å². The van der Waals surface area contributed by atoms with Crippen LogP contribution in [0.1, 0.15) is 32.1 Å². The van der Waals surface area contributed by atoms with Crippen molar-refractivity contribution in [1.29, 1.82) is 0 Å². The van der Waals surface area contributed by atoms with Crippen LogP contribution in [0.4, 0.5) is 5.82 Å². The van der Waals surface area contributed by atoms with Gasteiger partial charge in [0.15, 0.2) is 12.4 Å². The average Bonchev–Trinajstić information content (AvgIpc) is 2.92. The van der Waals surface area contributed by atoms with Crippen molar-refractivity contribution in [3.05, 3.63) is 67.0 Å². The Hall–Kier alpha value is -4.00. The van der Waals surface area contributed by atoms with E-state index in [0.29, 0.717) is 11.6 Å². The van der Waals surface area contributed by atoms with Crippen LogP contribution in [0.2, 0.25) is 0 Å². The fourth-order valence-corrected chi connectivity index (χ4v) is 4.55. The summed E-state index contributed by atoms with van der Waals surface area (Å²) >= 11 is 0. The highest BCUT2D eigenvalue weighted by molar-refractivity contribution is 5.94. The lowest BCUT2D eigenvalue weighted by atomic mass is 9.95. The maximum absolute atomic E-state index is 12.3. The maximum atomic E-state index is 12.3. The first-order valence-electron chi connectivity index (χ1n) is 12.1. The molecular weight excluding hydrogens is 438 g/mol. The Morgan fingerprint density at radius 1 is 0.971 bits per heavy atom. The summed E-state index contributed by atoms with van der Waals surface area (Å²) in [6.45, 7) is 0.0204. The highest BCUT2D eigenvalue weighted by Gasteiger charge is 2.16. The Morgan fingerprint density at radius 3 is 2.60 bits per heavy atom. The van der Waals surface area contributed by atoms with E-state index < -0.39 is 0 Å². The number of ether oxygens (including phenoxy) is 1. The largest absolute Gasteiger partial charge is 0.484 e. The second kappa shape index (κ2) is 10.5. The van der Waals surface area contributed by atoms with Gasteiger partial charge in [-0.1, -0.05) is 37.5 Å². The molecule has 1 fully saturated rings. The summed E-state index contributed by atoms with van der Waals surface area (Å²) in [7, 11) is 1.86. The molecule has 2 aromatic carbocycles. The topological polar surface area (TPSA) is 89.0 Å². The van der Waals surface area contributed by atoms with Crippen molar-refractivity contribution in [2.75, 3.05) is 19.0 Å². The van der Waals surface area contributed by atoms with E-state index in [-0.39, 0.29) is 18.6 Å². The number of hydrogen-bond acceptors (Lipinski definition) is 6. The molecule has 4 aromatic rings. The highest BCUT2D eigenvalue weighted by Crippen LogP contribution is 2.30. The molecule has 7 nitrogen and oxygen atoms in total. The summed E-state index contributed by atoms with van der Waals surface area (Å²) in [6.07, 6.45) is 9.25. The molecule has 1 amide bonds. The molecule has 0 aliphatic heterocycles. The van der Waals surface area contributed by atoms with Gasteiger partial charge in [0, 0.05) is 36.4 Å². The van der Waals surface area contributed by atoms with Crippen LogP contribution in [-0.2, 0) is 4.79 Å². The first-order valence-corrected chi connectivity index (χ1v) is 12.1. The number of nitrogens with one attached hydrogen (secondary N) is 2. The molecule has 7 heteroatoms. The van der Waals surface area contributed by atoms with Crippen LogP contribution < -0.4 is 15.4 Å². The third-order valence-electron chi connectivity index (χ3n) is 6.36. The van der Waals surface area contributed by atoms with Crippen LogP contribution in [0.3, 0.4) is 0 Å². The third-order valence-corrected chi connectivity index (χ3v) is 6.36. The van der Waals surface area contributed by atoms with E-state index in [0.717, 1.165) is 46.3 Å². The molecule has 0 atom stereocenters. The average molecular weight is 468 g/mol. The van der Waals surface area contributed by atoms with Crippen LogP contribution in [0.5, 0.6) is 5.75 Å². The van der Waals surface area contributed by atoms with E-state index in [1.165, 1.54) is 19.3 Å². The monoisotopic (exact) mass is 467 g/mol. The number of carbonyl (C=O) groups excluding carboxylic acids is 1. The quantitative estimate of drug-likeness (QED) is 0.387. The molecule has 0 radical (unpaired) electrons. The molecule has 1 aliphatic carbocycles. The fraction of sp³-hybridized carbons (Fsp3) is 0.286. The van der Waals surface area contributed by atoms with Crippen molar-refractivity contribution in [3.8, 4) is 28.3 Å². The molecule has 5 rings (SSSR count). The van der Waals surface area contributed by atoms with Crippen molar-refractivity contribution in [1.82, 2.24) is 20.3 Å². The number of rotatable bonds is 7. The Bertz CT molecular complexity index is 1320. The van der Waals surface area contributed by atoms with Gasteiger partial charge in [-0.25, -0.2) is 9.97 Å². The zero-order valence-corrected chi connectivity index (χ0v) is 19.8. The number of nitrogens with zero attached hydrogens (tertiary/aromatic N) is 3. The lowest BCUT2D eigenvalue weighted by Gasteiger charge is -2.22. The predicted molar refractivity (Wildman–Crippen MR) is 138 cm³/mol. The van der Waals surface area contributed by atoms with Gasteiger partial charge in [-0.2, -0.15) is 0 Å². The van der Waals surface area contributed by atoms with Gasteiger partial charge in [-0.3, -0.25) is 9.78 Å². The second-order valence-electron chi connectivity index (χ2n) is 8.84. The zero-order chi connectivity index (χ0) is 24.0. The summed E-state index contributed by atoms with van der Waals surface area (Å²) < 4.78 is 5.81. The second-order valence-corrected chi connectivity index (χ2v) is 8.84. The molecule has 1 saturated carbocycles. The van der Waals surface area contributed by atoms with E-state index in [1.54, 1.807) is 12.4 Å². The van der Waals surface area contributed by atoms with Gasteiger partial charge in [0.2, 0.25) is 0 Å². The van der Waals surface area contributed by atoms with Gasteiger partial charge >= 0.3 is 0 Å². The molecule has 0 spiro atoms. The Kier molecular flexibility index (Phi) is 6.84. The fourth-order valence-electron chi connectivity index (χ4n) is 4.55. The van der Waals surface area contributed by atoms with Gasteiger partial charge < -0.3 is 15.4 Å². The van der Waals surface area contributed by atoms with Crippen LogP contribution in [0.15, 0.2) is 67.0 Å². The molecule has 0 saturated heterocycles. The highest BCUT2D eigenvalue weighted by atomic mass is 16.5. The number of pyridine rings is 1. The minimum absolute atomic E-state index is 0.0204. The van der Waals surface area contributed by atoms with Gasteiger partial charge in [-0.05, 0) is 60.4 Å². The zero-order valence-electron chi connectivity index (χ0n) is 19.8. The first kappa shape index (κ1) is 22.8. The number of benzene rings is 2. The van der Waals surface area contributed by atoms with E-state index in [4.69, 9.17) is 14.7 Å². The van der Waals surface area contributed by atoms with E-state index >= 15 is 0 Å². The van der Waals surface area contributed by atoms with Gasteiger partial charge in [0.05, 0.1) is 5.52 Å². The number of aromatic nitrogens is 3. The lowest BCUT2D eigenvalue weighted by Crippen LogP contribution is -2.38. The molecular formula is C28H29N5O2. The van der Waals surface area contributed by atoms with Gasteiger partial charge in [0.1, 0.15) is 11.6 Å². The molecule has 0 bridgehead atoms. The van der Waals surface area contributed by atoms with Crippen molar-refractivity contribution in [3.63, 3.8) is 0 Å². The number of anilines is 1. The Labute approximate surface area is 205 Å². The molecule has 1 aliphatic rings. The minimum atomic E-state index is -0.0618. The number of carbonyl (C=O) groups is 1. The smallest absolute Gasteiger partial charge is 0.258 e. The Balaban J connectivity index is 1.34. The number of amides is 1. The molecule has 2 heterocycles. The summed E-state index contributed by atoms with van der Waals surface area (Å²) in [6, 6.07) is 18.0. The summed E-state index contributed by atoms with van der Waals surface area (Å²) in [5, 5.41) is 7.22. The molecule has 35 heavy (non-hydrogen) atoms. The SMILES string of the molecule is CNc1nc(-c2cccnc2)nc2ccc(-c3cccc(OCC(=O)NC4CCCCC4)c3)cc12. The predicted octanol–water partition coefficient (Wildman–Crippen LogP) is 5.23. The van der Waals surface area contributed by atoms with Crippen molar-refractivity contribution in [2.24, 2.45) is 0 Å². The van der Waals surface area contributed by atoms with Gasteiger partial charge in [-0.15, -0.1) is 0 Å². The summed E-state index contributed by atoms with van der Waals surface area (Å²) in [4.78, 5) is 26.0. The third kappa shape index (κ3) is 5.40. The van der Waals surface area contributed by atoms with Crippen molar-refractivity contribution >= 4 is 22.6 Å². The van der Waals surface area contributed by atoms with Crippen LogP contribution in [0, 0.1) is 0 Å². The molecule has 0 unspecified atom stereocenters. The molecule has 2 N–H and O–H groups in total. The molecule has 2 aromatic heterocycles. The normalized spacial score (nSPS) is 14.0. The molecule has 178 valence electrons.